The Morgan fingerprint density at radius 2 is 1.81 bits per heavy atom. The van der Waals surface area contributed by atoms with Crippen LogP contribution in [-0.2, 0) is 0 Å². The lowest BCUT2D eigenvalue weighted by atomic mass is 9.96. The molecule has 0 heterocycles. The molecule has 1 aliphatic rings. The summed E-state index contributed by atoms with van der Waals surface area (Å²) in [5, 5.41) is 0. The molecule has 0 spiro atoms. The van der Waals surface area contributed by atoms with Crippen LogP contribution in [0.25, 0.3) is 5.57 Å². The molecule has 1 nitrogen and oxygen atoms in total. The molecule has 78 valence electrons. The summed E-state index contributed by atoms with van der Waals surface area (Å²) >= 11 is 0. The van der Waals surface area contributed by atoms with Crippen molar-refractivity contribution in [2.24, 2.45) is 4.99 Å². The van der Waals surface area contributed by atoms with Crippen LogP contribution in [0.4, 0.5) is 0 Å². The molecule has 0 saturated heterocycles. The van der Waals surface area contributed by atoms with Crippen molar-refractivity contribution in [3.8, 4) is 0 Å². The first-order valence-electron chi connectivity index (χ1n) is 5.14. The minimum Gasteiger partial charge on any atom is -0.257 e. The van der Waals surface area contributed by atoms with E-state index in [1.54, 1.807) is 0 Å². The zero-order valence-corrected chi connectivity index (χ0v) is 9.06. The Balaban J connectivity index is 2.33. The summed E-state index contributed by atoms with van der Waals surface area (Å²) in [5.74, 6) is 0. The van der Waals surface area contributed by atoms with Crippen LogP contribution >= 0.6 is 0 Å². The van der Waals surface area contributed by atoms with Crippen molar-refractivity contribution in [2.45, 2.75) is 0 Å². The van der Waals surface area contributed by atoms with Crippen LogP contribution in [0.2, 0.25) is 0 Å². The monoisotopic (exact) mass is 207 g/mol. The first-order chi connectivity index (χ1) is 7.81. The molecule has 0 bridgehead atoms. The number of benzene rings is 1. The third-order valence-corrected chi connectivity index (χ3v) is 2.42. The summed E-state index contributed by atoms with van der Waals surface area (Å²) in [6.45, 7) is 7.57. The molecule has 16 heavy (non-hydrogen) atoms. The summed E-state index contributed by atoms with van der Waals surface area (Å²) in [6, 6.07) is 10.2. The van der Waals surface area contributed by atoms with E-state index in [-0.39, 0.29) is 0 Å². The summed E-state index contributed by atoms with van der Waals surface area (Å²) in [5.41, 5.74) is 4.14. The maximum Gasteiger partial charge on any atom is 0.0696 e. The van der Waals surface area contributed by atoms with Gasteiger partial charge in [0, 0.05) is 6.20 Å². The Labute approximate surface area is 95.8 Å². The zero-order valence-electron chi connectivity index (χ0n) is 9.06. The minimum absolute atomic E-state index is 0.870. The van der Waals surface area contributed by atoms with Gasteiger partial charge in [0.1, 0.15) is 0 Å². The van der Waals surface area contributed by atoms with E-state index in [9.17, 15) is 0 Å². The molecule has 1 aliphatic carbocycles. The van der Waals surface area contributed by atoms with Crippen LogP contribution in [0.3, 0.4) is 0 Å². The van der Waals surface area contributed by atoms with E-state index in [2.05, 4.69) is 30.3 Å². The van der Waals surface area contributed by atoms with Crippen molar-refractivity contribution in [1.29, 1.82) is 0 Å². The fourth-order valence-corrected chi connectivity index (χ4v) is 1.62. The smallest absolute Gasteiger partial charge is 0.0696 e. The molecule has 1 heteroatoms. The van der Waals surface area contributed by atoms with Crippen LogP contribution < -0.4 is 0 Å². The third-order valence-electron chi connectivity index (χ3n) is 2.42. The maximum absolute atomic E-state index is 4.14. The van der Waals surface area contributed by atoms with Crippen molar-refractivity contribution in [3.05, 3.63) is 79.1 Å². The first kappa shape index (κ1) is 10.4. The molecule has 0 aliphatic heterocycles. The number of hydrogen-bond donors (Lipinski definition) is 0. The van der Waals surface area contributed by atoms with E-state index >= 15 is 0 Å². The van der Waals surface area contributed by atoms with Crippen LogP contribution in [0, 0.1) is 0 Å². The molecule has 2 rings (SSSR count). The molecule has 0 amide bonds. The number of nitrogens with zero attached hydrogens (tertiary/aromatic N) is 1. The topological polar surface area (TPSA) is 12.4 Å². The number of allylic oxidation sites excluding steroid dienone is 5. The second kappa shape index (κ2) is 4.58. The van der Waals surface area contributed by atoms with Gasteiger partial charge in [-0.05, 0) is 28.9 Å². The van der Waals surface area contributed by atoms with Gasteiger partial charge in [0.25, 0.3) is 0 Å². The quantitative estimate of drug-likeness (QED) is 0.699. The second-order valence-corrected chi connectivity index (χ2v) is 3.52. The van der Waals surface area contributed by atoms with Gasteiger partial charge in [-0.2, -0.15) is 0 Å². The lowest BCUT2D eigenvalue weighted by Crippen LogP contribution is -2.00. The standard InChI is InChI=1S/C15H13N/c1-3-16-15-10-9-14(11-12(15)2)13-7-5-4-6-8-13/h3-11H,1-2H2. The number of hydrogen-bond acceptors (Lipinski definition) is 1. The van der Waals surface area contributed by atoms with Gasteiger partial charge in [-0.25, -0.2) is 0 Å². The molecule has 0 saturated carbocycles. The van der Waals surface area contributed by atoms with Gasteiger partial charge < -0.3 is 0 Å². The predicted octanol–water partition coefficient (Wildman–Crippen LogP) is 3.78. The van der Waals surface area contributed by atoms with Gasteiger partial charge in [0.2, 0.25) is 0 Å². The molecule has 0 N–H and O–H groups in total. The number of rotatable bonds is 2. The van der Waals surface area contributed by atoms with Crippen LogP contribution in [0.5, 0.6) is 0 Å². The summed E-state index contributed by atoms with van der Waals surface area (Å²) in [6.07, 6.45) is 7.59. The first-order valence-corrected chi connectivity index (χ1v) is 5.14. The van der Waals surface area contributed by atoms with Crippen molar-refractivity contribution in [3.63, 3.8) is 0 Å². The Morgan fingerprint density at radius 3 is 2.44 bits per heavy atom. The fourth-order valence-electron chi connectivity index (χ4n) is 1.62. The van der Waals surface area contributed by atoms with E-state index < -0.39 is 0 Å². The Morgan fingerprint density at radius 1 is 1.06 bits per heavy atom. The second-order valence-electron chi connectivity index (χ2n) is 3.52. The highest BCUT2D eigenvalue weighted by Crippen LogP contribution is 2.22. The highest BCUT2D eigenvalue weighted by molar-refractivity contribution is 6.14. The molecule has 0 radical (unpaired) electrons. The summed E-state index contributed by atoms with van der Waals surface area (Å²) in [7, 11) is 0. The molecule has 1 aromatic carbocycles. The molecular formula is C15H13N. The van der Waals surface area contributed by atoms with Crippen LogP contribution in [0.15, 0.2) is 78.5 Å². The van der Waals surface area contributed by atoms with Gasteiger partial charge in [0.05, 0.1) is 5.71 Å². The van der Waals surface area contributed by atoms with Crippen molar-refractivity contribution >= 4 is 11.3 Å². The lowest BCUT2D eigenvalue weighted by molar-refractivity contribution is 1.54. The minimum atomic E-state index is 0.870. The molecule has 0 atom stereocenters. The molecular weight excluding hydrogens is 194 g/mol. The Bertz CT molecular complexity index is 501. The average Bonchev–Trinajstić information content (AvgIpc) is 2.33. The SMILES string of the molecule is C=CN=C1C=CC(c2ccccc2)=CC1=C. The van der Waals surface area contributed by atoms with E-state index in [1.807, 2.05) is 36.4 Å². The van der Waals surface area contributed by atoms with Gasteiger partial charge >= 0.3 is 0 Å². The third kappa shape index (κ3) is 2.09. The fraction of sp³-hybridized carbons (Fsp3) is 0. The lowest BCUT2D eigenvalue weighted by Gasteiger charge is -2.10. The molecule has 1 aromatic rings. The van der Waals surface area contributed by atoms with E-state index in [0.717, 1.165) is 16.9 Å². The predicted molar refractivity (Wildman–Crippen MR) is 70.3 cm³/mol. The number of aliphatic imine (C=N–C) groups is 1. The zero-order chi connectivity index (χ0) is 11.4. The largest absolute Gasteiger partial charge is 0.257 e. The van der Waals surface area contributed by atoms with Gasteiger partial charge in [-0.15, -0.1) is 0 Å². The highest BCUT2D eigenvalue weighted by atomic mass is 14.7. The maximum atomic E-state index is 4.14. The van der Waals surface area contributed by atoms with E-state index in [4.69, 9.17) is 0 Å². The van der Waals surface area contributed by atoms with Crippen LogP contribution in [0.1, 0.15) is 5.56 Å². The normalized spacial score (nSPS) is 17.4. The van der Waals surface area contributed by atoms with E-state index in [1.165, 1.54) is 11.8 Å². The molecule has 0 fully saturated rings. The Kier molecular flexibility index (Phi) is 2.97. The average molecular weight is 207 g/mol. The summed E-state index contributed by atoms with van der Waals surface area (Å²) in [4.78, 5) is 4.14. The molecule has 0 aromatic heterocycles. The highest BCUT2D eigenvalue weighted by Gasteiger charge is 2.07. The van der Waals surface area contributed by atoms with Crippen molar-refractivity contribution < 1.29 is 0 Å². The van der Waals surface area contributed by atoms with Gasteiger partial charge in [0.15, 0.2) is 0 Å². The summed E-state index contributed by atoms with van der Waals surface area (Å²) < 4.78 is 0. The van der Waals surface area contributed by atoms with Crippen molar-refractivity contribution in [1.82, 2.24) is 0 Å². The molecule has 0 unspecified atom stereocenters. The Hall–Kier alpha value is -2.15. The van der Waals surface area contributed by atoms with Gasteiger partial charge in [-0.3, -0.25) is 4.99 Å². The van der Waals surface area contributed by atoms with Gasteiger partial charge in [-0.1, -0.05) is 49.6 Å². The van der Waals surface area contributed by atoms with Crippen LogP contribution in [-0.4, -0.2) is 5.71 Å². The van der Waals surface area contributed by atoms with Crippen molar-refractivity contribution in [2.75, 3.05) is 0 Å². The van der Waals surface area contributed by atoms with E-state index in [0.29, 0.717) is 0 Å².